The summed E-state index contributed by atoms with van der Waals surface area (Å²) < 4.78 is 0. The fraction of sp³-hybridized carbons (Fsp3) is 0.300. The lowest BCUT2D eigenvalue weighted by molar-refractivity contribution is -0.385. The molecule has 2 rings (SSSR count). The molecule has 142 valence electrons. The molecule has 27 heavy (non-hydrogen) atoms. The van der Waals surface area contributed by atoms with Crippen molar-refractivity contribution in [2.75, 3.05) is 6.54 Å². The van der Waals surface area contributed by atoms with Crippen molar-refractivity contribution in [3.8, 4) is 0 Å². The van der Waals surface area contributed by atoms with Crippen molar-refractivity contribution >= 4 is 17.6 Å². The average molecular weight is 370 g/mol. The minimum Gasteiger partial charge on any atom is -0.481 e. The van der Waals surface area contributed by atoms with E-state index in [1.54, 1.807) is 24.8 Å². The highest BCUT2D eigenvalue weighted by Crippen LogP contribution is 2.24. The lowest BCUT2D eigenvalue weighted by atomic mass is 10.0. The predicted octanol–water partition coefficient (Wildman–Crippen LogP) is 3.72. The second-order valence-corrected chi connectivity index (χ2v) is 6.42. The molecule has 0 atom stereocenters. The molecular formula is C20H22N2O5. The Morgan fingerprint density at radius 1 is 1.11 bits per heavy atom. The average Bonchev–Trinajstić information content (AvgIpc) is 2.60. The standard InChI is InChI=1S/C20H22N2O5/c1-14-11-15(2)18(22(26)27)12-17(14)20(25)21(10-6-9-19(23)24)13-16-7-4-3-5-8-16/h3-5,7-8,11-12H,6,9-10,13H2,1-2H3,(H,23,24). The van der Waals surface area contributed by atoms with E-state index in [0.717, 1.165) is 5.56 Å². The molecule has 0 aromatic heterocycles. The Labute approximate surface area is 157 Å². The SMILES string of the molecule is Cc1cc(C)c([N+](=O)[O-])cc1C(=O)N(CCCC(=O)O)Cc1ccccc1. The molecule has 0 saturated heterocycles. The second kappa shape index (κ2) is 8.93. The Morgan fingerprint density at radius 3 is 2.37 bits per heavy atom. The molecule has 2 aromatic rings. The number of carbonyl (C=O) groups is 2. The molecule has 1 N–H and O–H groups in total. The summed E-state index contributed by atoms with van der Waals surface area (Å²) in [6.45, 7) is 3.93. The molecule has 7 heteroatoms. The number of carboxylic acid groups (broad SMARTS) is 1. The third-order valence-corrected chi connectivity index (χ3v) is 4.29. The minimum atomic E-state index is -0.927. The van der Waals surface area contributed by atoms with Crippen LogP contribution < -0.4 is 0 Å². The number of nitro benzene ring substituents is 1. The van der Waals surface area contributed by atoms with Gasteiger partial charge in [0.1, 0.15) is 0 Å². The number of hydrogen-bond donors (Lipinski definition) is 1. The fourth-order valence-corrected chi connectivity index (χ4v) is 2.92. The zero-order valence-electron chi connectivity index (χ0n) is 15.3. The van der Waals surface area contributed by atoms with Crippen molar-refractivity contribution < 1.29 is 19.6 Å². The molecule has 0 heterocycles. The molecule has 0 aliphatic heterocycles. The van der Waals surface area contributed by atoms with Crippen molar-refractivity contribution in [2.45, 2.75) is 33.2 Å². The van der Waals surface area contributed by atoms with Gasteiger partial charge in [0.15, 0.2) is 0 Å². The van der Waals surface area contributed by atoms with Crippen molar-refractivity contribution in [1.82, 2.24) is 4.90 Å². The number of benzene rings is 2. The zero-order valence-corrected chi connectivity index (χ0v) is 15.3. The number of nitro groups is 1. The van der Waals surface area contributed by atoms with E-state index in [-0.39, 0.29) is 30.1 Å². The maximum absolute atomic E-state index is 13.1. The second-order valence-electron chi connectivity index (χ2n) is 6.42. The summed E-state index contributed by atoms with van der Waals surface area (Å²) in [7, 11) is 0. The Hall–Kier alpha value is -3.22. The highest BCUT2D eigenvalue weighted by molar-refractivity contribution is 5.96. The van der Waals surface area contributed by atoms with E-state index in [0.29, 0.717) is 24.1 Å². The first-order valence-corrected chi connectivity index (χ1v) is 8.60. The zero-order chi connectivity index (χ0) is 20.0. The molecule has 2 aromatic carbocycles. The number of aliphatic carboxylic acids is 1. The number of rotatable bonds is 8. The lowest BCUT2D eigenvalue weighted by Crippen LogP contribution is -2.32. The van der Waals surface area contributed by atoms with E-state index >= 15 is 0 Å². The smallest absolute Gasteiger partial charge is 0.303 e. The number of carbonyl (C=O) groups excluding carboxylic acids is 1. The summed E-state index contributed by atoms with van der Waals surface area (Å²) in [6, 6.07) is 12.3. The first-order valence-electron chi connectivity index (χ1n) is 8.60. The lowest BCUT2D eigenvalue weighted by Gasteiger charge is -2.23. The number of carboxylic acids is 1. The van der Waals surface area contributed by atoms with Gasteiger partial charge in [0.2, 0.25) is 0 Å². The summed E-state index contributed by atoms with van der Waals surface area (Å²) >= 11 is 0. The van der Waals surface area contributed by atoms with Crippen molar-refractivity contribution in [3.63, 3.8) is 0 Å². The van der Waals surface area contributed by atoms with Gasteiger partial charge in [-0.3, -0.25) is 19.7 Å². The van der Waals surface area contributed by atoms with Gasteiger partial charge in [0.05, 0.1) is 4.92 Å². The summed E-state index contributed by atoms with van der Waals surface area (Å²) in [5.74, 6) is -1.27. The van der Waals surface area contributed by atoms with Crippen LogP contribution in [0.1, 0.15) is 39.9 Å². The molecular weight excluding hydrogens is 348 g/mol. The van der Waals surface area contributed by atoms with Crippen molar-refractivity contribution in [3.05, 3.63) is 74.8 Å². The number of amides is 1. The van der Waals surface area contributed by atoms with Crippen LogP contribution >= 0.6 is 0 Å². The molecule has 0 aliphatic carbocycles. The van der Waals surface area contributed by atoms with Crippen LogP contribution in [0, 0.1) is 24.0 Å². The van der Waals surface area contributed by atoms with Crippen LogP contribution in [0.15, 0.2) is 42.5 Å². The molecule has 0 bridgehead atoms. The molecule has 0 saturated carbocycles. The van der Waals surface area contributed by atoms with Gasteiger partial charge in [-0.05, 0) is 37.5 Å². The van der Waals surface area contributed by atoms with Crippen LogP contribution in [0.3, 0.4) is 0 Å². The largest absolute Gasteiger partial charge is 0.481 e. The summed E-state index contributed by atoms with van der Waals surface area (Å²) in [6.07, 6.45) is 0.256. The third-order valence-electron chi connectivity index (χ3n) is 4.29. The monoisotopic (exact) mass is 370 g/mol. The number of hydrogen-bond acceptors (Lipinski definition) is 4. The molecule has 0 aliphatic rings. The minimum absolute atomic E-state index is 0.0500. The van der Waals surface area contributed by atoms with Gasteiger partial charge < -0.3 is 10.0 Å². The van der Waals surface area contributed by atoms with Gasteiger partial charge in [-0.1, -0.05) is 30.3 Å². The van der Waals surface area contributed by atoms with E-state index in [9.17, 15) is 19.7 Å². The highest BCUT2D eigenvalue weighted by Gasteiger charge is 2.22. The molecule has 0 spiro atoms. The number of nitrogens with zero attached hydrogens (tertiary/aromatic N) is 2. The van der Waals surface area contributed by atoms with Gasteiger partial charge >= 0.3 is 5.97 Å². The molecule has 7 nitrogen and oxygen atoms in total. The van der Waals surface area contributed by atoms with E-state index in [2.05, 4.69) is 0 Å². The van der Waals surface area contributed by atoms with E-state index in [4.69, 9.17) is 5.11 Å². The van der Waals surface area contributed by atoms with Gasteiger partial charge in [0, 0.05) is 36.7 Å². The van der Waals surface area contributed by atoms with Crippen molar-refractivity contribution in [2.24, 2.45) is 0 Å². The summed E-state index contributed by atoms with van der Waals surface area (Å²) in [5.41, 5.74) is 2.21. The Morgan fingerprint density at radius 2 is 1.78 bits per heavy atom. The maximum Gasteiger partial charge on any atom is 0.303 e. The van der Waals surface area contributed by atoms with E-state index in [1.165, 1.54) is 6.07 Å². The van der Waals surface area contributed by atoms with Gasteiger partial charge in [-0.15, -0.1) is 0 Å². The molecule has 0 radical (unpaired) electrons. The van der Waals surface area contributed by atoms with Crippen LogP contribution in [0.2, 0.25) is 0 Å². The highest BCUT2D eigenvalue weighted by atomic mass is 16.6. The summed E-state index contributed by atoms with van der Waals surface area (Å²) in [5, 5.41) is 20.1. The Balaban J connectivity index is 2.33. The van der Waals surface area contributed by atoms with Crippen LogP contribution in [0.5, 0.6) is 0 Å². The first-order chi connectivity index (χ1) is 12.8. The van der Waals surface area contributed by atoms with Crippen LogP contribution in [-0.2, 0) is 11.3 Å². The first kappa shape index (κ1) is 20.1. The van der Waals surface area contributed by atoms with Gasteiger partial charge in [0.25, 0.3) is 11.6 Å². The van der Waals surface area contributed by atoms with Crippen LogP contribution in [-0.4, -0.2) is 33.4 Å². The van der Waals surface area contributed by atoms with Crippen LogP contribution in [0.4, 0.5) is 5.69 Å². The van der Waals surface area contributed by atoms with Crippen LogP contribution in [0.25, 0.3) is 0 Å². The maximum atomic E-state index is 13.1. The van der Waals surface area contributed by atoms with Gasteiger partial charge in [-0.2, -0.15) is 0 Å². The molecule has 0 unspecified atom stereocenters. The number of aryl methyl sites for hydroxylation is 2. The van der Waals surface area contributed by atoms with E-state index < -0.39 is 10.9 Å². The van der Waals surface area contributed by atoms with E-state index in [1.807, 2.05) is 30.3 Å². The van der Waals surface area contributed by atoms with Gasteiger partial charge in [-0.25, -0.2) is 0 Å². The third kappa shape index (κ3) is 5.37. The topological polar surface area (TPSA) is 101 Å². The molecule has 0 fully saturated rings. The Bertz CT molecular complexity index is 849. The van der Waals surface area contributed by atoms with Crippen molar-refractivity contribution in [1.29, 1.82) is 0 Å². The quantitative estimate of drug-likeness (QED) is 0.564. The Kier molecular flexibility index (Phi) is 6.65. The summed E-state index contributed by atoms with van der Waals surface area (Å²) in [4.78, 5) is 36.2. The predicted molar refractivity (Wildman–Crippen MR) is 101 cm³/mol. The molecule has 1 amide bonds. The fourth-order valence-electron chi connectivity index (χ4n) is 2.92. The normalized spacial score (nSPS) is 10.4.